The first-order chi connectivity index (χ1) is 18.6. The van der Waals surface area contributed by atoms with Crippen LogP contribution in [0.5, 0.6) is 0 Å². The van der Waals surface area contributed by atoms with Gasteiger partial charge in [0.25, 0.3) is 0 Å². The maximum atomic E-state index is 9.13. The SMILES string of the molecule is [2H]c1c([2H])c(Br)c([2H])c(-c2c([2H])c([2H])c3c4c([2H])c([2H])c([2H])c([2H])c4c4c([2H])c([2H])c([2H])c([2H])c4c3c2[2H])c1[2H]. The lowest BCUT2D eigenvalue weighted by molar-refractivity contribution is 1.61. The van der Waals surface area contributed by atoms with Gasteiger partial charge in [0, 0.05) is 4.47 Å². The molecule has 0 fully saturated rings. The predicted molar refractivity (Wildman–Crippen MR) is 112 cm³/mol. The average Bonchev–Trinajstić information content (AvgIpc) is 2.93. The summed E-state index contributed by atoms with van der Waals surface area (Å²) in [5, 5.41) is -1.88. The molecule has 0 bridgehead atoms. The highest BCUT2D eigenvalue weighted by atomic mass is 79.9. The molecule has 0 heterocycles. The van der Waals surface area contributed by atoms with Crippen LogP contribution in [0.3, 0.4) is 0 Å². The van der Waals surface area contributed by atoms with Crippen molar-refractivity contribution in [1.29, 1.82) is 0 Å². The van der Waals surface area contributed by atoms with Gasteiger partial charge in [-0.3, -0.25) is 0 Å². The highest BCUT2D eigenvalue weighted by Crippen LogP contribution is 2.37. The van der Waals surface area contributed by atoms with Crippen LogP contribution in [0.25, 0.3) is 43.4 Å². The first-order valence-electron chi connectivity index (χ1n) is 14.7. The molecule has 0 unspecified atom stereocenters. The van der Waals surface area contributed by atoms with E-state index in [0.717, 1.165) is 0 Å². The Kier molecular flexibility index (Phi) is 1.36. The molecule has 0 amide bonds. The fraction of sp³-hybridized carbons (Fsp3) is 0. The molecule has 0 saturated heterocycles. The lowest BCUT2D eigenvalue weighted by Gasteiger charge is -2.12. The van der Waals surface area contributed by atoms with Crippen molar-refractivity contribution in [3.63, 3.8) is 0 Å². The molecule has 0 aliphatic heterocycles. The number of hydrogen-bond acceptors (Lipinski definition) is 0. The molecule has 0 saturated carbocycles. The van der Waals surface area contributed by atoms with E-state index >= 15 is 0 Å². The van der Waals surface area contributed by atoms with E-state index in [4.69, 9.17) is 20.6 Å². The Bertz CT molecular complexity index is 1940. The maximum Gasteiger partial charge on any atom is 0.0641 e. The smallest absolute Gasteiger partial charge is 0.0616 e. The number of fused-ring (bicyclic) bond motifs is 6. The first kappa shape index (κ1) is 5.96. The second-order valence-corrected chi connectivity index (χ2v) is 5.98. The summed E-state index contributed by atoms with van der Waals surface area (Å²) in [6.45, 7) is 0. The molecule has 0 atom stereocenters. The van der Waals surface area contributed by atoms with Crippen molar-refractivity contribution in [3.8, 4) is 11.1 Å². The summed E-state index contributed by atoms with van der Waals surface area (Å²) in [4.78, 5) is 0. The van der Waals surface area contributed by atoms with Gasteiger partial charge in [0.1, 0.15) is 0 Å². The third kappa shape index (κ3) is 2.35. The zero-order valence-corrected chi connectivity index (χ0v) is 14.0. The largest absolute Gasteiger partial charge is 0.0641 e. The predicted octanol–water partition coefficient (Wildman–Crippen LogP) is 7.58. The van der Waals surface area contributed by atoms with E-state index in [-0.39, 0.29) is 36.8 Å². The molecule has 25 heavy (non-hydrogen) atoms. The lowest BCUT2D eigenvalue weighted by atomic mass is 9.92. The van der Waals surface area contributed by atoms with Crippen LogP contribution in [0.1, 0.15) is 20.6 Å². The summed E-state index contributed by atoms with van der Waals surface area (Å²) in [5.41, 5.74) is -0.877. The molecule has 5 aromatic carbocycles. The fourth-order valence-electron chi connectivity index (χ4n) is 2.73. The summed E-state index contributed by atoms with van der Waals surface area (Å²) >= 11 is 3.04. The van der Waals surface area contributed by atoms with E-state index in [1.807, 2.05) is 0 Å². The van der Waals surface area contributed by atoms with Gasteiger partial charge in [-0.05, 0) is 61.6 Å². The molecule has 0 aliphatic carbocycles. The Morgan fingerprint density at radius 3 is 1.64 bits per heavy atom. The van der Waals surface area contributed by atoms with Crippen LogP contribution < -0.4 is 0 Å². The van der Waals surface area contributed by atoms with Crippen molar-refractivity contribution in [2.45, 2.75) is 0 Å². The zero-order chi connectivity index (χ0) is 29.9. The van der Waals surface area contributed by atoms with Crippen LogP contribution in [-0.4, -0.2) is 0 Å². The molecule has 0 N–H and O–H groups in total. The van der Waals surface area contributed by atoms with Gasteiger partial charge in [0.15, 0.2) is 0 Å². The van der Waals surface area contributed by atoms with Gasteiger partial charge in [0.05, 0.1) is 20.6 Å². The van der Waals surface area contributed by atoms with Gasteiger partial charge in [0.2, 0.25) is 0 Å². The Morgan fingerprint density at radius 1 is 0.480 bits per heavy atom. The molecule has 0 nitrogen and oxygen atoms in total. The van der Waals surface area contributed by atoms with E-state index in [1.165, 1.54) is 0 Å². The highest BCUT2D eigenvalue weighted by Gasteiger charge is 2.09. The van der Waals surface area contributed by atoms with Crippen LogP contribution in [0, 0.1) is 0 Å². The minimum absolute atomic E-state index is 0.187. The van der Waals surface area contributed by atoms with Crippen LogP contribution in [-0.2, 0) is 0 Å². The zero-order valence-electron chi connectivity index (χ0n) is 27.4. The third-order valence-corrected chi connectivity index (χ3v) is 4.18. The summed E-state index contributed by atoms with van der Waals surface area (Å²) in [6.07, 6.45) is 0. The molecule has 0 aromatic heterocycles. The number of halogens is 1. The third-order valence-electron chi connectivity index (χ3n) is 3.78. The van der Waals surface area contributed by atoms with Crippen LogP contribution in [0.4, 0.5) is 0 Å². The first-order valence-corrected chi connectivity index (χ1v) is 7.98. The summed E-state index contributed by atoms with van der Waals surface area (Å²) in [7, 11) is 0. The minimum atomic E-state index is -0.697. The standard InChI is InChI=1S/C24H15Br/c25-18-7-5-6-16(14-18)17-12-13-23-21-10-2-1-8-19(21)20-9-3-4-11-22(20)24(23)15-17/h1-15H/i1D,2D,3D,4D,5D,6D,7D,8D,9D,10D,11D,12D,13D,14D,15D. The Labute approximate surface area is 175 Å². The van der Waals surface area contributed by atoms with E-state index < -0.39 is 102 Å². The monoisotopic (exact) mass is 397 g/mol. The molecule has 0 spiro atoms. The molecule has 0 radical (unpaired) electrons. The van der Waals surface area contributed by atoms with Gasteiger partial charge in [-0.1, -0.05) is 88.4 Å². The van der Waals surface area contributed by atoms with Crippen molar-refractivity contribution in [2.24, 2.45) is 0 Å². The second-order valence-electron chi connectivity index (χ2n) is 5.19. The van der Waals surface area contributed by atoms with Crippen LogP contribution in [0.2, 0.25) is 0 Å². The molecule has 5 rings (SSSR count). The van der Waals surface area contributed by atoms with Gasteiger partial charge in [-0.15, -0.1) is 0 Å². The summed E-state index contributed by atoms with van der Waals surface area (Å²) < 4.78 is 127. The normalized spacial score (nSPS) is 19.8. The van der Waals surface area contributed by atoms with Crippen LogP contribution >= 0.6 is 15.9 Å². The summed E-state index contributed by atoms with van der Waals surface area (Å²) in [6, 6.07) is -9.50. The van der Waals surface area contributed by atoms with E-state index in [0.29, 0.717) is 0 Å². The number of rotatable bonds is 1. The van der Waals surface area contributed by atoms with Crippen molar-refractivity contribution in [3.05, 3.63) is 95.1 Å². The van der Waals surface area contributed by atoms with Gasteiger partial charge in [-0.2, -0.15) is 0 Å². The summed E-state index contributed by atoms with van der Waals surface area (Å²) in [5.74, 6) is 0. The van der Waals surface area contributed by atoms with Crippen molar-refractivity contribution < 1.29 is 20.6 Å². The van der Waals surface area contributed by atoms with Gasteiger partial charge < -0.3 is 0 Å². The Hall–Kier alpha value is -2.64. The molecule has 5 aromatic rings. The minimum Gasteiger partial charge on any atom is -0.0616 e. The van der Waals surface area contributed by atoms with E-state index in [2.05, 4.69) is 15.9 Å². The van der Waals surface area contributed by atoms with E-state index in [1.54, 1.807) is 0 Å². The average molecular weight is 398 g/mol. The molecule has 1 heteroatoms. The maximum absolute atomic E-state index is 9.13. The molecule has 118 valence electrons. The number of benzene rings is 5. The molecular weight excluding hydrogens is 368 g/mol. The van der Waals surface area contributed by atoms with Crippen LogP contribution in [0.15, 0.2) is 95.1 Å². The van der Waals surface area contributed by atoms with E-state index in [9.17, 15) is 0 Å². The topological polar surface area (TPSA) is 0 Å². The second kappa shape index (κ2) is 5.72. The Morgan fingerprint density at radius 2 is 1.00 bits per heavy atom. The van der Waals surface area contributed by atoms with Gasteiger partial charge >= 0.3 is 0 Å². The van der Waals surface area contributed by atoms with Crippen molar-refractivity contribution in [2.75, 3.05) is 0 Å². The van der Waals surface area contributed by atoms with Gasteiger partial charge in [-0.25, -0.2) is 0 Å². The molecule has 0 aliphatic rings. The Balaban J connectivity index is 2.26. The highest BCUT2D eigenvalue weighted by molar-refractivity contribution is 9.10. The number of hydrogen-bond donors (Lipinski definition) is 0. The lowest BCUT2D eigenvalue weighted by Crippen LogP contribution is -1.85. The quantitative estimate of drug-likeness (QED) is 0.255. The fourth-order valence-corrected chi connectivity index (χ4v) is 3.02. The van der Waals surface area contributed by atoms with Crippen molar-refractivity contribution in [1.82, 2.24) is 0 Å². The van der Waals surface area contributed by atoms with Crippen molar-refractivity contribution >= 4 is 48.2 Å². The molecular formula is C24H15Br.